The molecule has 1 aromatic heterocycles. The molecule has 0 aromatic carbocycles. The SMILES string of the molecule is C=C(CNCC)CSc1ncc[nH]1. The highest BCUT2D eigenvalue weighted by molar-refractivity contribution is 7.99. The van der Waals surface area contributed by atoms with Crippen molar-refractivity contribution in [2.75, 3.05) is 18.8 Å². The molecule has 3 nitrogen and oxygen atoms in total. The number of imidazole rings is 1. The zero-order valence-corrected chi connectivity index (χ0v) is 8.66. The first kappa shape index (κ1) is 10.3. The summed E-state index contributed by atoms with van der Waals surface area (Å²) in [6.07, 6.45) is 3.59. The smallest absolute Gasteiger partial charge is 0.165 e. The van der Waals surface area contributed by atoms with E-state index in [1.807, 2.05) is 6.20 Å². The van der Waals surface area contributed by atoms with Gasteiger partial charge in [0.25, 0.3) is 0 Å². The van der Waals surface area contributed by atoms with Gasteiger partial charge in [-0.25, -0.2) is 4.98 Å². The van der Waals surface area contributed by atoms with E-state index >= 15 is 0 Å². The summed E-state index contributed by atoms with van der Waals surface area (Å²) in [6.45, 7) is 7.94. The Hall–Kier alpha value is -0.740. The highest BCUT2D eigenvalue weighted by Gasteiger charge is 1.97. The lowest BCUT2D eigenvalue weighted by atomic mass is 10.3. The zero-order chi connectivity index (χ0) is 9.52. The Bertz CT molecular complexity index is 243. The summed E-state index contributed by atoms with van der Waals surface area (Å²) < 4.78 is 0. The number of H-pyrrole nitrogens is 1. The van der Waals surface area contributed by atoms with Gasteiger partial charge in [0.2, 0.25) is 0 Å². The number of hydrogen-bond donors (Lipinski definition) is 2. The minimum atomic E-state index is 0.893. The molecule has 0 fully saturated rings. The van der Waals surface area contributed by atoms with Crippen molar-refractivity contribution in [1.82, 2.24) is 15.3 Å². The van der Waals surface area contributed by atoms with Crippen LogP contribution in [-0.2, 0) is 0 Å². The van der Waals surface area contributed by atoms with Gasteiger partial charge < -0.3 is 10.3 Å². The quantitative estimate of drug-likeness (QED) is 0.538. The van der Waals surface area contributed by atoms with Gasteiger partial charge >= 0.3 is 0 Å². The molecule has 0 unspecified atom stereocenters. The Kier molecular flexibility index (Phi) is 4.64. The first-order chi connectivity index (χ1) is 6.33. The molecule has 1 aromatic rings. The van der Waals surface area contributed by atoms with Gasteiger partial charge in [-0.3, -0.25) is 0 Å². The van der Waals surface area contributed by atoms with Crippen molar-refractivity contribution in [3.63, 3.8) is 0 Å². The van der Waals surface area contributed by atoms with E-state index in [9.17, 15) is 0 Å². The van der Waals surface area contributed by atoms with E-state index in [0.717, 1.165) is 24.0 Å². The molecule has 1 heterocycles. The maximum Gasteiger partial charge on any atom is 0.165 e. The number of hydrogen-bond acceptors (Lipinski definition) is 3. The second-order valence-electron chi connectivity index (χ2n) is 2.71. The normalized spacial score (nSPS) is 10.2. The molecular weight excluding hydrogens is 182 g/mol. The highest BCUT2D eigenvalue weighted by atomic mass is 32.2. The predicted molar refractivity (Wildman–Crippen MR) is 57.0 cm³/mol. The van der Waals surface area contributed by atoms with Crippen LogP contribution >= 0.6 is 11.8 Å². The van der Waals surface area contributed by atoms with Crippen LogP contribution in [0.1, 0.15) is 6.92 Å². The van der Waals surface area contributed by atoms with E-state index in [1.165, 1.54) is 5.57 Å². The topological polar surface area (TPSA) is 40.7 Å². The van der Waals surface area contributed by atoms with Crippen LogP contribution in [0.4, 0.5) is 0 Å². The van der Waals surface area contributed by atoms with Crippen LogP contribution in [0, 0.1) is 0 Å². The van der Waals surface area contributed by atoms with E-state index in [-0.39, 0.29) is 0 Å². The van der Waals surface area contributed by atoms with Crippen molar-refractivity contribution in [3.8, 4) is 0 Å². The fourth-order valence-corrected chi connectivity index (χ4v) is 1.58. The lowest BCUT2D eigenvalue weighted by Crippen LogP contribution is -2.16. The van der Waals surface area contributed by atoms with Gasteiger partial charge in [0.15, 0.2) is 5.16 Å². The predicted octanol–water partition coefficient (Wildman–Crippen LogP) is 1.67. The average Bonchev–Trinajstić information content (AvgIpc) is 2.64. The summed E-state index contributed by atoms with van der Waals surface area (Å²) in [4.78, 5) is 7.15. The number of aromatic amines is 1. The Morgan fingerprint density at radius 2 is 2.62 bits per heavy atom. The minimum absolute atomic E-state index is 0.893. The Morgan fingerprint density at radius 1 is 1.77 bits per heavy atom. The molecule has 72 valence electrons. The molecule has 0 radical (unpaired) electrons. The number of nitrogens with zero attached hydrogens (tertiary/aromatic N) is 1. The van der Waals surface area contributed by atoms with Crippen LogP contribution in [0.15, 0.2) is 29.7 Å². The fourth-order valence-electron chi connectivity index (χ4n) is 0.853. The van der Waals surface area contributed by atoms with E-state index < -0.39 is 0 Å². The molecule has 4 heteroatoms. The second-order valence-corrected chi connectivity index (χ2v) is 3.68. The number of rotatable bonds is 6. The molecule has 0 aliphatic rings. The van der Waals surface area contributed by atoms with Crippen LogP contribution in [0.2, 0.25) is 0 Å². The van der Waals surface area contributed by atoms with E-state index in [2.05, 4.69) is 28.8 Å². The Morgan fingerprint density at radius 3 is 3.23 bits per heavy atom. The van der Waals surface area contributed by atoms with Gasteiger partial charge in [0.05, 0.1) is 0 Å². The molecule has 0 saturated carbocycles. The number of thioether (sulfide) groups is 1. The van der Waals surface area contributed by atoms with E-state index in [4.69, 9.17) is 0 Å². The number of likely N-dealkylation sites (N-methyl/N-ethyl adjacent to an activating group) is 1. The monoisotopic (exact) mass is 197 g/mol. The number of aromatic nitrogens is 2. The van der Waals surface area contributed by atoms with Gasteiger partial charge in [0.1, 0.15) is 0 Å². The molecule has 0 aliphatic carbocycles. The summed E-state index contributed by atoms with van der Waals surface area (Å²) >= 11 is 1.68. The first-order valence-electron chi connectivity index (χ1n) is 4.32. The highest BCUT2D eigenvalue weighted by Crippen LogP contribution is 2.14. The fraction of sp³-hybridized carbons (Fsp3) is 0.444. The summed E-state index contributed by atoms with van der Waals surface area (Å²) in [5.74, 6) is 0.917. The van der Waals surface area contributed by atoms with Crippen LogP contribution in [-0.4, -0.2) is 28.8 Å². The lowest BCUT2D eigenvalue weighted by molar-refractivity contribution is 0.779. The summed E-state index contributed by atoms with van der Waals surface area (Å²) in [5.41, 5.74) is 1.20. The molecule has 1 rings (SSSR count). The van der Waals surface area contributed by atoms with Gasteiger partial charge in [-0.2, -0.15) is 0 Å². The molecule has 0 atom stereocenters. The summed E-state index contributed by atoms with van der Waals surface area (Å²) in [6, 6.07) is 0. The van der Waals surface area contributed by atoms with Gasteiger partial charge in [0, 0.05) is 24.7 Å². The third-order valence-corrected chi connectivity index (χ3v) is 2.56. The maximum absolute atomic E-state index is 4.11. The molecule has 0 bridgehead atoms. The van der Waals surface area contributed by atoms with Crippen LogP contribution in [0.3, 0.4) is 0 Å². The van der Waals surface area contributed by atoms with E-state index in [1.54, 1.807) is 18.0 Å². The van der Waals surface area contributed by atoms with Gasteiger partial charge in [-0.1, -0.05) is 30.8 Å². The third-order valence-electron chi connectivity index (χ3n) is 1.51. The molecule has 0 aliphatic heterocycles. The second kappa shape index (κ2) is 5.83. The standard InChI is InChI=1S/C9H15N3S/c1-3-10-6-8(2)7-13-9-11-4-5-12-9/h4-5,10H,2-3,6-7H2,1H3,(H,11,12). The van der Waals surface area contributed by atoms with Gasteiger partial charge in [-0.05, 0) is 6.54 Å². The molecule has 13 heavy (non-hydrogen) atoms. The Balaban J connectivity index is 2.15. The molecule has 0 spiro atoms. The number of nitrogens with one attached hydrogen (secondary N) is 2. The molecule has 2 N–H and O–H groups in total. The first-order valence-corrected chi connectivity index (χ1v) is 5.31. The maximum atomic E-state index is 4.11. The molecule has 0 amide bonds. The average molecular weight is 197 g/mol. The largest absolute Gasteiger partial charge is 0.340 e. The van der Waals surface area contributed by atoms with E-state index in [0.29, 0.717) is 0 Å². The third kappa shape index (κ3) is 4.15. The van der Waals surface area contributed by atoms with Crippen LogP contribution < -0.4 is 5.32 Å². The van der Waals surface area contributed by atoms with Crippen LogP contribution in [0.5, 0.6) is 0 Å². The Labute approximate surface area is 83.0 Å². The van der Waals surface area contributed by atoms with Gasteiger partial charge in [-0.15, -0.1) is 0 Å². The van der Waals surface area contributed by atoms with Crippen molar-refractivity contribution >= 4 is 11.8 Å². The zero-order valence-electron chi connectivity index (χ0n) is 7.84. The lowest BCUT2D eigenvalue weighted by Gasteiger charge is -2.03. The van der Waals surface area contributed by atoms with Crippen molar-refractivity contribution in [3.05, 3.63) is 24.5 Å². The van der Waals surface area contributed by atoms with Crippen LogP contribution in [0.25, 0.3) is 0 Å². The summed E-state index contributed by atoms with van der Waals surface area (Å²) in [7, 11) is 0. The van der Waals surface area contributed by atoms with Crippen molar-refractivity contribution in [2.45, 2.75) is 12.1 Å². The summed E-state index contributed by atoms with van der Waals surface area (Å²) in [5, 5.41) is 4.19. The molecular formula is C9H15N3S. The van der Waals surface area contributed by atoms with Crippen molar-refractivity contribution in [2.24, 2.45) is 0 Å². The van der Waals surface area contributed by atoms with Crippen molar-refractivity contribution < 1.29 is 0 Å². The minimum Gasteiger partial charge on any atom is -0.340 e. The van der Waals surface area contributed by atoms with Crippen molar-refractivity contribution in [1.29, 1.82) is 0 Å². The molecule has 0 saturated heterocycles.